The molecule has 6 heterocycles. The molecular formula is C56H58BF2LiN14O14. The van der Waals surface area contributed by atoms with E-state index in [0.29, 0.717) is 24.4 Å². The maximum Gasteiger partial charge on any atom is 1.00 e. The van der Waals surface area contributed by atoms with Crippen LogP contribution in [-0.4, -0.2) is 126 Å². The Balaban J connectivity index is 0.000000202. The number of aromatic carboxylic acids is 1. The zero-order valence-corrected chi connectivity index (χ0v) is 47.6. The van der Waals surface area contributed by atoms with Gasteiger partial charge in [-0.05, 0) is 128 Å². The molecule has 0 atom stereocenters. The maximum atomic E-state index is 13.2. The summed E-state index contributed by atoms with van der Waals surface area (Å²) in [7, 11) is 1.50. The number of carbonyl (C=O) groups excluding carboxylic acids is 3. The van der Waals surface area contributed by atoms with Gasteiger partial charge < -0.3 is 41.2 Å². The van der Waals surface area contributed by atoms with Crippen molar-refractivity contribution >= 4 is 42.6 Å². The molecule has 8 N–H and O–H groups in total. The summed E-state index contributed by atoms with van der Waals surface area (Å²) in [4.78, 5) is 89.4. The first kappa shape index (κ1) is 69.0. The van der Waals surface area contributed by atoms with E-state index in [-0.39, 0.29) is 111 Å². The molecule has 88 heavy (non-hydrogen) atoms. The number of hydrogen-bond acceptors (Lipinski definition) is 22. The number of amides is 1. The third-order valence-electron chi connectivity index (χ3n) is 12.4. The van der Waals surface area contributed by atoms with Crippen molar-refractivity contribution in [1.82, 2.24) is 59.9 Å². The van der Waals surface area contributed by atoms with Crippen LogP contribution in [-0.2, 0) is 22.3 Å². The molecule has 8 aromatic rings. The van der Waals surface area contributed by atoms with Gasteiger partial charge in [0.15, 0.2) is 22.9 Å². The van der Waals surface area contributed by atoms with Crippen LogP contribution in [0.1, 0.15) is 134 Å². The molecular weight excluding hydrogens is 1150 g/mol. The average molecular weight is 1210 g/mol. The van der Waals surface area contributed by atoms with Gasteiger partial charge in [-0.15, -0.1) is 10.2 Å². The zero-order chi connectivity index (χ0) is 61.9. The van der Waals surface area contributed by atoms with Gasteiger partial charge in [0.25, 0.3) is 28.1 Å². The number of nitrogen functional groups attached to an aromatic ring is 1. The van der Waals surface area contributed by atoms with Crippen molar-refractivity contribution in [3.8, 4) is 0 Å². The first-order valence-corrected chi connectivity index (χ1v) is 26.6. The molecule has 0 aliphatic heterocycles. The second-order valence-electron chi connectivity index (χ2n) is 19.5. The number of nitrogens with zero attached hydrogens (tertiary/aromatic N) is 11. The number of esters is 2. The third-order valence-corrected chi connectivity index (χ3v) is 12.4. The van der Waals surface area contributed by atoms with E-state index < -0.39 is 30.9 Å². The van der Waals surface area contributed by atoms with Gasteiger partial charge in [-0.3, -0.25) is 24.0 Å². The van der Waals surface area contributed by atoms with Crippen LogP contribution in [0.15, 0.2) is 141 Å². The van der Waals surface area contributed by atoms with E-state index in [0.717, 1.165) is 68.2 Å². The van der Waals surface area contributed by atoms with E-state index in [9.17, 15) is 47.1 Å². The second kappa shape index (κ2) is 33.2. The second-order valence-corrected chi connectivity index (χ2v) is 19.5. The van der Waals surface area contributed by atoms with Gasteiger partial charge in [-0.1, -0.05) is 37.1 Å². The molecule has 0 unspecified atom stereocenters. The molecule has 0 spiro atoms. The molecule has 4 fully saturated rings. The normalized spacial score (nSPS) is 13.2. The number of hydrogen-bond donors (Lipinski definition) is 6. The Morgan fingerprint density at radius 3 is 1.42 bits per heavy atom. The first-order valence-electron chi connectivity index (χ1n) is 26.6. The molecule has 4 aliphatic carbocycles. The fourth-order valence-electron chi connectivity index (χ4n) is 7.30. The number of methoxy groups -OCH3 is 2. The molecule has 6 aromatic heterocycles. The molecule has 0 saturated heterocycles. The Morgan fingerprint density at radius 1 is 0.591 bits per heavy atom. The van der Waals surface area contributed by atoms with Crippen molar-refractivity contribution in [2.75, 3.05) is 25.3 Å². The molecule has 2 aromatic carbocycles. The topological polar surface area (TPSA) is 417 Å². The number of rotatable bonds is 13. The summed E-state index contributed by atoms with van der Waals surface area (Å²) in [6, 6.07) is 30.3. The van der Waals surface area contributed by atoms with Crippen molar-refractivity contribution in [2.45, 2.75) is 88.2 Å². The van der Waals surface area contributed by atoms with Crippen LogP contribution >= 0.6 is 0 Å². The number of carbonyl (C=O) groups is 4. The largest absolute Gasteiger partial charge is 1.00 e. The summed E-state index contributed by atoms with van der Waals surface area (Å²) in [5.41, 5.74) is 7.87. The van der Waals surface area contributed by atoms with E-state index in [1.165, 1.54) is 101 Å². The smallest absolute Gasteiger partial charge is 0.870 e. The summed E-state index contributed by atoms with van der Waals surface area (Å²) in [5, 5.41) is 60.7. The van der Waals surface area contributed by atoms with Crippen LogP contribution < -0.4 is 52.1 Å². The molecule has 32 heteroatoms. The number of halogens is 2. The molecule has 0 radical (unpaired) electrons. The van der Waals surface area contributed by atoms with Crippen molar-refractivity contribution < 1.29 is 76.9 Å². The Labute approximate surface area is 510 Å². The minimum atomic E-state index is -1.10. The van der Waals surface area contributed by atoms with Crippen LogP contribution in [0.4, 0.5) is 20.4 Å². The number of nitrogens with one attached hydrogen (secondary N) is 2. The van der Waals surface area contributed by atoms with Crippen molar-refractivity contribution in [3.05, 3.63) is 220 Å². The maximum absolute atomic E-state index is 13.2. The van der Waals surface area contributed by atoms with Crippen LogP contribution in [0.25, 0.3) is 0 Å². The van der Waals surface area contributed by atoms with Gasteiger partial charge in [0.1, 0.15) is 23.1 Å². The van der Waals surface area contributed by atoms with Crippen LogP contribution in [0.2, 0.25) is 5.82 Å². The summed E-state index contributed by atoms with van der Waals surface area (Å²) in [5.74, 6) is -2.32. The van der Waals surface area contributed by atoms with Crippen LogP contribution in [0.3, 0.4) is 0 Å². The van der Waals surface area contributed by atoms with Gasteiger partial charge in [0.2, 0.25) is 0 Å². The minimum Gasteiger partial charge on any atom is -0.870 e. The van der Waals surface area contributed by atoms with Gasteiger partial charge in [0, 0.05) is 37.1 Å². The predicted molar refractivity (Wildman–Crippen MR) is 305 cm³/mol. The number of aromatic nitrogens is 12. The Morgan fingerprint density at radius 2 is 1.03 bits per heavy atom. The number of benzene rings is 2. The summed E-state index contributed by atoms with van der Waals surface area (Å²) >= 11 is 0. The first-order chi connectivity index (χ1) is 41.3. The number of aromatic amines is 1. The van der Waals surface area contributed by atoms with Gasteiger partial charge in [0.05, 0.1) is 43.7 Å². The monoisotopic (exact) mass is 1210 g/mol. The summed E-state index contributed by atoms with van der Waals surface area (Å²) in [6.45, 7) is 0. The van der Waals surface area contributed by atoms with E-state index >= 15 is 0 Å². The summed E-state index contributed by atoms with van der Waals surface area (Å²) < 4.78 is 38.9. The number of carboxylic acid groups (broad SMARTS) is 1. The molecule has 12 rings (SSSR count). The number of nitrogens with two attached hydrogens (primary N) is 1. The Kier molecular flexibility index (Phi) is 26.0. The number of H-pyrrole nitrogens is 1. The average Bonchev–Trinajstić information content (AvgIpc) is 2.50. The van der Waals surface area contributed by atoms with Crippen LogP contribution in [0, 0.1) is 11.6 Å². The van der Waals surface area contributed by atoms with E-state index in [4.69, 9.17) is 20.9 Å². The van der Waals surface area contributed by atoms with Gasteiger partial charge in [-0.25, -0.2) is 42.3 Å². The fraction of sp³-hybridized carbons (Fsp3) is 0.286. The molecule has 28 nitrogen and oxygen atoms in total. The minimum absolute atomic E-state index is 0. The fourth-order valence-corrected chi connectivity index (χ4v) is 7.30. The quantitative estimate of drug-likeness (QED) is 0.0686. The third kappa shape index (κ3) is 22.2. The van der Waals surface area contributed by atoms with Crippen LogP contribution in [0.5, 0.6) is 0 Å². The summed E-state index contributed by atoms with van der Waals surface area (Å²) in [6.07, 6.45) is 8.53. The Hall–Kier alpha value is -9.80. The standard InChI is InChI=1S/C19H16FN5O2.C11H10FN3.C9H10N2O3.C8H8N2O3.C6H6N2O3.C3H7BO2.Li.H2O/c20-13-3-1-2-12(10-13)11-14-4-8-17(23-22-14)21-19(27)16-7-9-18(26)25(24-16)15-5-6-15;12-9-3-1-2-8(6-9)7-10-4-5-11(13)15-14-10;1-14-9(13)7-4-5-8(12)11(10-7)6-2-3-6;11-7-4-3-6(8(12)13)9-10(7)5-1-2-5;1-11-6(10)4-2-3-5(9)8-7-4;5-4(6)3-1-2-3;;/h1-4,7-10,15H,5-6,11H2,(H,21,23,27);1-6H,7H2,(H2,13,15);4-6H,2-3H2,1H3;3-5H,1-2H2,(H,12,13);2-3H,1H3,(H,8,9);3,5-6H,1-2H2;;1H2/q;;;;;;+1;/p-1. The van der Waals surface area contributed by atoms with E-state index in [1.807, 2.05) is 6.07 Å². The zero-order valence-electron chi connectivity index (χ0n) is 47.6. The predicted octanol–water partition coefficient (Wildman–Crippen LogP) is 0.787. The molecule has 1 amide bonds. The number of anilines is 2. The van der Waals surface area contributed by atoms with Crippen molar-refractivity contribution in [2.24, 2.45) is 0 Å². The SMILES string of the molecule is COC(=O)c1ccc(=O)[nH]n1.COC(=O)c1ccc(=O)n(C2CC2)n1.Nc1ccc(Cc2cccc(F)c2)nn1.O=C(Nc1ccc(Cc2cccc(F)c2)nn1)c1ccc(=O)n(C2CC2)n1.O=C(O)c1ccc(=O)n(C2CC2)n1.OB(O)C1CC1.[Li+].[OH-]. The molecule has 4 aliphatic rings. The van der Waals surface area contributed by atoms with Crippen molar-refractivity contribution in [1.29, 1.82) is 0 Å². The van der Waals surface area contributed by atoms with E-state index in [2.05, 4.69) is 60.7 Å². The van der Waals surface area contributed by atoms with Gasteiger partial charge >= 0.3 is 43.9 Å². The number of ether oxygens (including phenoxy) is 2. The van der Waals surface area contributed by atoms with Gasteiger partial charge in [-0.2, -0.15) is 30.6 Å². The number of carboxylic acids is 1. The Bertz CT molecular complexity index is 3880. The van der Waals surface area contributed by atoms with Crippen molar-refractivity contribution in [3.63, 3.8) is 0 Å². The molecule has 4 saturated carbocycles. The van der Waals surface area contributed by atoms with E-state index in [1.54, 1.807) is 42.5 Å². The molecule has 0 bridgehead atoms. The molecule has 454 valence electrons.